The second-order valence-electron chi connectivity index (χ2n) is 3.94. The summed E-state index contributed by atoms with van der Waals surface area (Å²) in [5, 5.41) is 13.9. The lowest BCUT2D eigenvalue weighted by molar-refractivity contribution is -0.384. The summed E-state index contributed by atoms with van der Waals surface area (Å²) in [5.41, 5.74) is 2.79. The number of aromatic nitrogens is 1. The average molecular weight is 354 g/mol. The quantitative estimate of drug-likeness (QED) is 0.430. The molecule has 0 aliphatic heterocycles. The van der Waals surface area contributed by atoms with Gasteiger partial charge in [-0.2, -0.15) is 0 Å². The number of hydrazine groups is 1. The summed E-state index contributed by atoms with van der Waals surface area (Å²) >= 11 is 3.33. The lowest BCUT2D eigenvalue weighted by Crippen LogP contribution is -2.10. The second kappa shape index (κ2) is 6.37. The van der Waals surface area contributed by atoms with Gasteiger partial charge in [-0.25, -0.2) is 10.8 Å². The highest BCUT2D eigenvalue weighted by Crippen LogP contribution is 2.31. The molecule has 4 N–H and O–H groups in total. The summed E-state index contributed by atoms with van der Waals surface area (Å²) in [6.45, 7) is 0. The van der Waals surface area contributed by atoms with Gasteiger partial charge in [-0.15, -0.1) is 0 Å². The van der Waals surface area contributed by atoms with E-state index in [9.17, 15) is 10.1 Å². The van der Waals surface area contributed by atoms with E-state index < -0.39 is 4.92 Å². The standard InChI is InChI=1S/C12H12BrN5O3/c1-21-10-6-7(2-3-8(10)13)15-12-9(18(19)20)4-5-11(16-12)17-14/h2-6H,14H2,1H3,(H2,15,16,17). The Morgan fingerprint density at radius 3 is 2.76 bits per heavy atom. The molecule has 0 aliphatic carbocycles. The molecule has 0 spiro atoms. The van der Waals surface area contributed by atoms with Gasteiger partial charge in [0.2, 0.25) is 5.82 Å². The Kier molecular flexibility index (Phi) is 4.55. The maximum atomic E-state index is 11.0. The molecule has 110 valence electrons. The zero-order chi connectivity index (χ0) is 15.4. The van der Waals surface area contributed by atoms with E-state index in [0.29, 0.717) is 17.3 Å². The Labute approximate surface area is 128 Å². The average Bonchev–Trinajstić information content (AvgIpc) is 2.48. The van der Waals surface area contributed by atoms with Crippen molar-refractivity contribution in [2.24, 2.45) is 5.84 Å². The Bertz CT molecular complexity index is 680. The fraction of sp³-hybridized carbons (Fsp3) is 0.0833. The molecule has 1 heterocycles. The number of hydrogen-bond donors (Lipinski definition) is 3. The molecule has 1 aromatic carbocycles. The zero-order valence-corrected chi connectivity index (χ0v) is 12.5. The van der Waals surface area contributed by atoms with E-state index in [2.05, 4.69) is 31.7 Å². The van der Waals surface area contributed by atoms with Gasteiger partial charge in [0.05, 0.1) is 16.5 Å². The van der Waals surface area contributed by atoms with Gasteiger partial charge in [0.25, 0.3) is 0 Å². The van der Waals surface area contributed by atoms with Crippen LogP contribution in [-0.4, -0.2) is 17.0 Å². The van der Waals surface area contributed by atoms with Crippen molar-refractivity contribution in [2.75, 3.05) is 17.9 Å². The third kappa shape index (κ3) is 3.38. The van der Waals surface area contributed by atoms with Crippen LogP contribution in [-0.2, 0) is 0 Å². The molecule has 0 atom stereocenters. The van der Waals surface area contributed by atoms with Gasteiger partial charge >= 0.3 is 5.69 Å². The number of nitro groups is 1. The van der Waals surface area contributed by atoms with Crippen molar-refractivity contribution >= 4 is 38.9 Å². The molecule has 0 bridgehead atoms. The van der Waals surface area contributed by atoms with Crippen LogP contribution in [0, 0.1) is 10.1 Å². The summed E-state index contributed by atoms with van der Waals surface area (Å²) < 4.78 is 5.95. The number of halogens is 1. The van der Waals surface area contributed by atoms with Crippen LogP contribution >= 0.6 is 15.9 Å². The SMILES string of the molecule is COc1cc(Nc2nc(NN)ccc2[N+](=O)[O-])ccc1Br. The van der Waals surface area contributed by atoms with Gasteiger partial charge in [-0.05, 0) is 34.1 Å². The molecule has 8 nitrogen and oxygen atoms in total. The first-order valence-corrected chi connectivity index (χ1v) is 6.57. The Hall–Kier alpha value is -2.39. The second-order valence-corrected chi connectivity index (χ2v) is 4.79. The fourth-order valence-electron chi connectivity index (χ4n) is 1.65. The molecule has 2 rings (SSSR count). The van der Waals surface area contributed by atoms with Crippen LogP contribution in [0.1, 0.15) is 0 Å². The first-order chi connectivity index (χ1) is 10.0. The van der Waals surface area contributed by atoms with E-state index in [1.54, 1.807) is 18.2 Å². The number of nitrogens with one attached hydrogen (secondary N) is 2. The summed E-state index contributed by atoms with van der Waals surface area (Å²) in [7, 11) is 1.53. The number of nitrogen functional groups attached to an aromatic ring is 1. The highest BCUT2D eigenvalue weighted by Gasteiger charge is 2.16. The monoisotopic (exact) mass is 353 g/mol. The molecular weight excluding hydrogens is 342 g/mol. The number of nitrogens with two attached hydrogens (primary N) is 1. The number of methoxy groups -OCH3 is 1. The molecule has 1 aromatic heterocycles. The van der Waals surface area contributed by atoms with Crippen LogP contribution in [0.25, 0.3) is 0 Å². The summed E-state index contributed by atoms with van der Waals surface area (Å²) in [6.07, 6.45) is 0. The van der Waals surface area contributed by atoms with E-state index in [-0.39, 0.29) is 11.5 Å². The summed E-state index contributed by atoms with van der Waals surface area (Å²) in [6, 6.07) is 7.93. The van der Waals surface area contributed by atoms with E-state index in [0.717, 1.165) is 4.47 Å². The van der Waals surface area contributed by atoms with Crippen molar-refractivity contribution in [2.45, 2.75) is 0 Å². The van der Waals surface area contributed by atoms with Gasteiger partial charge in [-0.1, -0.05) is 0 Å². The van der Waals surface area contributed by atoms with E-state index >= 15 is 0 Å². The van der Waals surface area contributed by atoms with Gasteiger partial charge in [0, 0.05) is 17.8 Å². The first kappa shape index (κ1) is 15.0. The number of pyridine rings is 1. The van der Waals surface area contributed by atoms with Gasteiger partial charge in [-0.3, -0.25) is 10.1 Å². The Morgan fingerprint density at radius 2 is 2.14 bits per heavy atom. The van der Waals surface area contributed by atoms with Crippen molar-refractivity contribution < 1.29 is 9.66 Å². The maximum absolute atomic E-state index is 11.0. The highest BCUT2D eigenvalue weighted by atomic mass is 79.9. The van der Waals surface area contributed by atoms with E-state index in [1.807, 2.05) is 0 Å². The van der Waals surface area contributed by atoms with Gasteiger partial charge < -0.3 is 15.5 Å². The molecule has 0 aliphatic rings. The smallest absolute Gasteiger partial charge is 0.311 e. The van der Waals surface area contributed by atoms with Crippen LogP contribution in [0.2, 0.25) is 0 Å². The summed E-state index contributed by atoms with van der Waals surface area (Å²) in [5.74, 6) is 6.26. The van der Waals surface area contributed by atoms with E-state index in [4.69, 9.17) is 10.6 Å². The van der Waals surface area contributed by atoms with Crippen LogP contribution in [0.5, 0.6) is 5.75 Å². The third-order valence-electron chi connectivity index (χ3n) is 2.63. The molecule has 9 heteroatoms. The highest BCUT2D eigenvalue weighted by molar-refractivity contribution is 9.10. The number of benzene rings is 1. The van der Waals surface area contributed by atoms with Crippen molar-refractivity contribution in [3.8, 4) is 5.75 Å². The molecule has 0 saturated carbocycles. The van der Waals surface area contributed by atoms with Crippen LogP contribution in [0.3, 0.4) is 0 Å². The minimum Gasteiger partial charge on any atom is -0.495 e. The molecule has 2 aromatic rings. The lowest BCUT2D eigenvalue weighted by atomic mass is 10.3. The topological polar surface area (TPSA) is 115 Å². The molecular formula is C12H12BrN5O3. The van der Waals surface area contributed by atoms with Crippen LogP contribution < -0.4 is 21.3 Å². The van der Waals surface area contributed by atoms with Gasteiger partial charge in [0.15, 0.2) is 0 Å². The van der Waals surface area contributed by atoms with Crippen molar-refractivity contribution in [1.82, 2.24) is 4.98 Å². The normalized spacial score (nSPS) is 10.0. The number of hydrogen-bond acceptors (Lipinski definition) is 7. The first-order valence-electron chi connectivity index (χ1n) is 5.77. The number of rotatable bonds is 5. The number of ether oxygens (including phenoxy) is 1. The predicted octanol–water partition coefficient (Wildman–Crippen LogP) is 2.79. The predicted molar refractivity (Wildman–Crippen MR) is 82.7 cm³/mol. The third-order valence-corrected chi connectivity index (χ3v) is 3.29. The largest absolute Gasteiger partial charge is 0.495 e. The number of nitrogens with zero attached hydrogens (tertiary/aromatic N) is 2. The van der Waals surface area contributed by atoms with Crippen molar-refractivity contribution in [3.63, 3.8) is 0 Å². The minimum absolute atomic E-state index is 0.0832. The van der Waals surface area contributed by atoms with Gasteiger partial charge in [0.1, 0.15) is 11.6 Å². The lowest BCUT2D eigenvalue weighted by Gasteiger charge is -2.10. The maximum Gasteiger partial charge on any atom is 0.311 e. The molecule has 0 fully saturated rings. The molecule has 21 heavy (non-hydrogen) atoms. The molecule has 0 saturated heterocycles. The van der Waals surface area contributed by atoms with Crippen LogP contribution in [0.15, 0.2) is 34.8 Å². The van der Waals surface area contributed by atoms with Crippen molar-refractivity contribution in [3.05, 3.63) is 44.9 Å². The minimum atomic E-state index is -0.522. The van der Waals surface area contributed by atoms with Crippen molar-refractivity contribution in [1.29, 1.82) is 0 Å². The molecule has 0 amide bonds. The summed E-state index contributed by atoms with van der Waals surface area (Å²) in [4.78, 5) is 14.6. The molecule has 0 unspecified atom stereocenters. The fourth-order valence-corrected chi connectivity index (χ4v) is 2.05. The zero-order valence-electron chi connectivity index (χ0n) is 11.0. The number of anilines is 3. The molecule has 0 radical (unpaired) electrons. The van der Waals surface area contributed by atoms with E-state index in [1.165, 1.54) is 19.2 Å². The van der Waals surface area contributed by atoms with Crippen LogP contribution in [0.4, 0.5) is 23.0 Å². The Balaban J connectivity index is 2.40. The Morgan fingerprint density at radius 1 is 1.38 bits per heavy atom.